The number of nitrogens with zero attached hydrogens (tertiary/aromatic N) is 1. The second kappa shape index (κ2) is 4.11. The highest BCUT2D eigenvalue weighted by molar-refractivity contribution is 7.99. The van der Waals surface area contributed by atoms with Crippen LogP contribution in [-0.4, -0.2) is 46.6 Å². The van der Waals surface area contributed by atoms with Gasteiger partial charge in [0.05, 0.1) is 0 Å². The lowest BCUT2D eigenvalue weighted by Gasteiger charge is -2.29. The Balaban J connectivity index is 1.98. The molecule has 1 aliphatic heterocycles. The molecule has 14 heavy (non-hydrogen) atoms. The zero-order chi connectivity index (χ0) is 10.1. The standard InChI is InChI=1S/C10H17NO2S/c1-11(8-4-5-14-6-8)9(10(12)13)7-2-3-7/h7-9H,2-6H2,1H3,(H,12,13). The van der Waals surface area contributed by atoms with E-state index in [0.29, 0.717) is 12.0 Å². The maximum Gasteiger partial charge on any atom is 0.321 e. The van der Waals surface area contributed by atoms with Gasteiger partial charge in [-0.25, -0.2) is 0 Å². The van der Waals surface area contributed by atoms with E-state index < -0.39 is 5.97 Å². The molecule has 1 aliphatic carbocycles. The average Bonchev–Trinajstić information content (AvgIpc) is 2.82. The molecule has 1 saturated carbocycles. The highest BCUT2D eigenvalue weighted by Gasteiger charge is 2.41. The lowest BCUT2D eigenvalue weighted by Crippen LogP contribution is -2.46. The minimum absolute atomic E-state index is 0.223. The van der Waals surface area contributed by atoms with E-state index in [-0.39, 0.29) is 6.04 Å². The van der Waals surface area contributed by atoms with Gasteiger partial charge in [-0.15, -0.1) is 0 Å². The summed E-state index contributed by atoms with van der Waals surface area (Å²) in [7, 11) is 1.98. The number of carboxylic acids is 1. The van der Waals surface area contributed by atoms with Gasteiger partial charge in [-0.2, -0.15) is 11.8 Å². The zero-order valence-corrected chi connectivity index (χ0v) is 9.30. The summed E-state index contributed by atoms with van der Waals surface area (Å²) in [6.45, 7) is 0. The Labute approximate surface area is 88.9 Å². The maximum atomic E-state index is 11.1. The van der Waals surface area contributed by atoms with E-state index in [9.17, 15) is 4.79 Å². The number of aliphatic carboxylic acids is 1. The van der Waals surface area contributed by atoms with Crippen LogP contribution in [0.25, 0.3) is 0 Å². The van der Waals surface area contributed by atoms with Crippen molar-refractivity contribution in [2.24, 2.45) is 5.92 Å². The normalized spacial score (nSPS) is 29.4. The maximum absolute atomic E-state index is 11.1. The molecule has 2 atom stereocenters. The molecule has 80 valence electrons. The first kappa shape index (κ1) is 10.3. The molecule has 2 unspecified atom stereocenters. The van der Waals surface area contributed by atoms with Gasteiger partial charge in [0, 0.05) is 11.8 Å². The van der Waals surface area contributed by atoms with Crippen molar-refractivity contribution in [2.75, 3.05) is 18.6 Å². The molecule has 2 fully saturated rings. The molecule has 0 spiro atoms. The van der Waals surface area contributed by atoms with Crippen molar-refractivity contribution in [3.05, 3.63) is 0 Å². The Kier molecular flexibility index (Phi) is 3.02. The number of hydrogen-bond donors (Lipinski definition) is 1. The smallest absolute Gasteiger partial charge is 0.321 e. The molecule has 1 N–H and O–H groups in total. The van der Waals surface area contributed by atoms with Gasteiger partial charge in [0.15, 0.2) is 0 Å². The molecule has 4 heteroatoms. The summed E-state index contributed by atoms with van der Waals surface area (Å²) in [5.41, 5.74) is 0. The van der Waals surface area contributed by atoms with Crippen LogP contribution in [0.1, 0.15) is 19.3 Å². The number of thioether (sulfide) groups is 1. The van der Waals surface area contributed by atoms with E-state index in [0.717, 1.165) is 25.0 Å². The highest BCUT2D eigenvalue weighted by atomic mass is 32.2. The predicted molar refractivity (Wildman–Crippen MR) is 57.6 cm³/mol. The molecule has 1 heterocycles. The molecule has 3 nitrogen and oxygen atoms in total. The van der Waals surface area contributed by atoms with Crippen LogP contribution in [0.4, 0.5) is 0 Å². The van der Waals surface area contributed by atoms with Crippen LogP contribution in [0.3, 0.4) is 0 Å². The van der Waals surface area contributed by atoms with Gasteiger partial charge in [-0.1, -0.05) is 0 Å². The van der Waals surface area contributed by atoms with E-state index in [1.165, 1.54) is 5.75 Å². The van der Waals surface area contributed by atoms with Gasteiger partial charge in [-0.3, -0.25) is 9.69 Å². The first-order chi connectivity index (χ1) is 6.70. The molecular formula is C10H17NO2S. The Hall–Kier alpha value is -0.220. The SMILES string of the molecule is CN(C1CCSC1)C(C(=O)O)C1CC1. The third kappa shape index (κ3) is 2.06. The Morgan fingerprint density at radius 1 is 1.50 bits per heavy atom. The van der Waals surface area contributed by atoms with Gasteiger partial charge in [0.25, 0.3) is 0 Å². The first-order valence-electron chi connectivity index (χ1n) is 5.22. The van der Waals surface area contributed by atoms with Crippen molar-refractivity contribution in [1.29, 1.82) is 0 Å². The molecule has 0 radical (unpaired) electrons. The number of likely N-dealkylation sites (N-methyl/N-ethyl adjacent to an activating group) is 1. The third-order valence-electron chi connectivity index (χ3n) is 3.24. The summed E-state index contributed by atoms with van der Waals surface area (Å²) in [5.74, 6) is 2.08. The van der Waals surface area contributed by atoms with E-state index >= 15 is 0 Å². The topological polar surface area (TPSA) is 40.5 Å². The summed E-state index contributed by atoms with van der Waals surface area (Å²) in [4.78, 5) is 13.2. The minimum atomic E-state index is -0.632. The summed E-state index contributed by atoms with van der Waals surface area (Å²) < 4.78 is 0. The molecule has 0 aromatic heterocycles. The fourth-order valence-electron chi connectivity index (χ4n) is 2.19. The summed E-state index contributed by atoms with van der Waals surface area (Å²) in [6.07, 6.45) is 3.35. The van der Waals surface area contributed by atoms with Crippen molar-refractivity contribution in [2.45, 2.75) is 31.3 Å². The van der Waals surface area contributed by atoms with Gasteiger partial charge >= 0.3 is 5.97 Å². The number of hydrogen-bond acceptors (Lipinski definition) is 3. The Morgan fingerprint density at radius 3 is 2.64 bits per heavy atom. The molecule has 0 bridgehead atoms. The molecule has 0 aromatic carbocycles. The van der Waals surface area contributed by atoms with Crippen LogP contribution in [0.15, 0.2) is 0 Å². The minimum Gasteiger partial charge on any atom is -0.480 e. The molecule has 0 aromatic rings. The van der Waals surface area contributed by atoms with Crippen LogP contribution in [0.5, 0.6) is 0 Å². The molecule has 2 aliphatic rings. The van der Waals surface area contributed by atoms with Crippen LogP contribution < -0.4 is 0 Å². The van der Waals surface area contributed by atoms with E-state index in [1.807, 2.05) is 18.8 Å². The second-order valence-electron chi connectivity index (χ2n) is 4.30. The largest absolute Gasteiger partial charge is 0.480 e. The predicted octanol–water partition coefficient (Wildman–Crippen LogP) is 1.29. The lowest BCUT2D eigenvalue weighted by molar-refractivity contribution is -0.144. The Morgan fingerprint density at radius 2 is 2.21 bits per heavy atom. The average molecular weight is 215 g/mol. The fraction of sp³-hybridized carbons (Fsp3) is 0.900. The number of rotatable bonds is 4. The Bertz CT molecular complexity index is 224. The quantitative estimate of drug-likeness (QED) is 0.767. The number of carbonyl (C=O) groups is 1. The van der Waals surface area contributed by atoms with Gasteiger partial charge in [-0.05, 0) is 38.0 Å². The molecular weight excluding hydrogens is 198 g/mol. The van der Waals surface area contributed by atoms with E-state index in [1.54, 1.807) is 0 Å². The molecule has 1 saturated heterocycles. The van der Waals surface area contributed by atoms with Crippen molar-refractivity contribution in [1.82, 2.24) is 4.90 Å². The van der Waals surface area contributed by atoms with Crippen LogP contribution in [0.2, 0.25) is 0 Å². The third-order valence-corrected chi connectivity index (χ3v) is 4.39. The zero-order valence-electron chi connectivity index (χ0n) is 8.48. The molecule has 2 rings (SSSR count). The van der Waals surface area contributed by atoms with Crippen LogP contribution >= 0.6 is 11.8 Å². The first-order valence-corrected chi connectivity index (χ1v) is 6.38. The van der Waals surface area contributed by atoms with Crippen LogP contribution in [0, 0.1) is 5.92 Å². The van der Waals surface area contributed by atoms with Crippen molar-refractivity contribution < 1.29 is 9.90 Å². The number of carboxylic acid groups (broad SMARTS) is 1. The van der Waals surface area contributed by atoms with Gasteiger partial charge < -0.3 is 5.11 Å². The van der Waals surface area contributed by atoms with E-state index in [2.05, 4.69) is 4.90 Å². The van der Waals surface area contributed by atoms with Crippen molar-refractivity contribution in [3.63, 3.8) is 0 Å². The second-order valence-corrected chi connectivity index (χ2v) is 5.45. The monoisotopic (exact) mass is 215 g/mol. The van der Waals surface area contributed by atoms with Gasteiger partial charge in [0.1, 0.15) is 6.04 Å². The summed E-state index contributed by atoms with van der Waals surface area (Å²) >= 11 is 1.94. The summed E-state index contributed by atoms with van der Waals surface area (Å²) in [6, 6.07) is 0.264. The fourth-order valence-corrected chi connectivity index (χ4v) is 3.47. The van der Waals surface area contributed by atoms with Crippen molar-refractivity contribution >= 4 is 17.7 Å². The lowest BCUT2D eigenvalue weighted by atomic mass is 10.1. The van der Waals surface area contributed by atoms with Gasteiger partial charge in [0.2, 0.25) is 0 Å². The van der Waals surface area contributed by atoms with E-state index in [4.69, 9.17) is 5.11 Å². The molecule has 0 amide bonds. The summed E-state index contributed by atoms with van der Waals surface area (Å²) in [5, 5.41) is 9.17. The highest BCUT2D eigenvalue weighted by Crippen LogP contribution is 2.37. The van der Waals surface area contributed by atoms with Crippen LogP contribution in [-0.2, 0) is 4.79 Å². The van der Waals surface area contributed by atoms with Crippen molar-refractivity contribution in [3.8, 4) is 0 Å².